The number of nitrogens with one attached hydrogen (secondary N) is 1. The van der Waals surface area contributed by atoms with Crippen molar-refractivity contribution >= 4 is 25.2 Å². The Morgan fingerprint density at radius 1 is 1.17 bits per heavy atom. The zero-order valence-electron chi connectivity index (χ0n) is 21.4. The van der Waals surface area contributed by atoms with Crippen LogP contribution < -0.4 is 5.32 Å². The van der Waals surface area contributed by atoms with Crippen molar-refractivity contribution in [2.24, 2.45) is 0 Å². The van der Waals surface area contributed by atoms with Crippen molar-refractivity contribution in [1.29, 1.82) is 5.26 Å². The average Bonchev–Trinajstić information content (AvgIpc) is 2.82. The van der Waals surface area contributed by atoms with Crippen molar-refractivity contribution in [3.05, 3.63) is 76.9 Å². The molecule has 0 spiro atoms. The monoisotopic (exact) mass is 491 g/mol. The standard InChI is InChI=1S/C27H34BN3O5/c1-6-31(27(3,4)5)25(32)23(18-29)16-21-13-10-14-22(15-21)19(2)36-26(33)30-24(28(34)35)17-20-11-8-7-9-12-20/h7-16,19,24,34-35H,6,17H2,1-5H3,(H,30,33). The summed E-state index contributed by atoms with van der Waals surface area (Å²) in [5.74, 6) is -1.30. The summed E-state index contributed by atoms with van der Waals surface area (Å²) in [4.78, 5) is 27.0. The smallest absolute Gasteiger partial charge is 0.442 e. The molecule has 0 saturated carbocycles. The molecule has 0 aliphatic rings. The van der Waals surface area contributed by atoms with Crippen LogP contribution in [0, 0.1) is 11.3 Å². The Labute approximate surface area is 213 Å². The highest BCUT2D eigenvalue weighted by Crippen LogP contribution is 2.22. The first-order chi connectivity index (χ1) is 17.0. The predicted octanol–water partition coefficient (Wildman–Crippen LogP) is 3.65. The zero-order chi connectivity index (χ0) is 26.9. The molecule has 36 heavy (non-hydrogen) atoms. The number of carbonyl (C=O) groups excluding carboxylic acids is 2. The van der Waals surface area contributed by atoms with Crippen molar-refractivity contribution in [3.63, 3.8) is 0 Å². The number of carbonyl (C=O) groups is 2. The molecule has 0 heterocycles. The molecule has 0 radical (unpaired) electrons. The summed E-state index contributed by atoms with van der Waals surface area (Å²) in [6.45, 7) is 9.74. The summed E-state index contributed by atoms with van der Waals surface area (Å²) < 4.78 is 5.46. The van der Waals surface area contributed by atoms with Gasteiger partial charge in [-0.2, -0.15) is 5.26 Å². The molecule has 2 unspecified atom stereocenters. The third-order valence-electron chi connectivity index (χ3n) is 5.66. The number of hydrogen-bond acceptors (Lipinski definition) is 6. The van der Waals surface area contributed by atoms with Gasteiger partial charge in [-0.25, -0.2) is 4.79 Å². The first-order valence-corrected chi connectivity index (χ1v) is 11.9. The van der Waals surface area contributed by atoms with E-state index < -0.39 is 30.8 Å². The van der Waals surface area contributed by atoms with Gasteiger partial charge in [0, 0.05) is 12.1 Å². The van der Waals surface area contributed by atoms with Crippen LogP contribution in [-0.2, 0) is 16.0 Å². The number of benzene rings is 2. The number of likely N-dealkylation sites (N-methyl/N-ethyl adjacent to an activating group) is 1. The summed E-state index contributed by atoms with van der Waals surface area (Å²) in [7, 11) is -1.76. The van der Waals surface area contributed by atoms with E-state index in [-0.39, 0.29) is 17.9 Å². The number of amides is 2. The van der Waals surface area contributed by atoms with Gasteiger partial charge in [-0.1, -0.05) is 48.5 Å². The van der Waals surface area contributed by atoms with Gasteiger partial charge in [0.25, 0.3) is 5.91 Å². The Kier molecular flexibility index (Phi) is 10.3. The second-order valence-corrected chi connectivity index (χ2v) is 9.46. The molecule has 8 nitrogen and oxygen atoms in total. The third-order valence-corrected chi connectivity index (χ3v) is 5.66. The van der Waals surface area contributed by atoms with Gasteiger partial charge in [0.1, 0.15) is 17.7 Å². The molecular formula is C27H34BN3O5. The number of rotatable bonds is 9. The minimum Gasteiger partial charge on any atom is -0.442 e. The molecule has 0 bridgehead atoms. The Morgan fingerprint density at radius 3 is 2.39 bits per heavy atom. The number of ether oxygens (including phenoxy) is 1. The quantitative estimate of drug-likeness (QED) is 0.280. The van der Waals surface area contributed by atoms with E-state index in [4.69, 9.17) is 4.74 Å². The second-order valence-electron chi connectivity index (χ2n) is 9.46. The topological polar surface area (TPSA) is 123 Å². The zero-order valence-corrected chi connectivity index (χ0v) is 21.4. The average molecular weight is 491 g/mol. The van der Waals surface area contributed by atoms with E-state index in [2.05, 4.69) is 5.32 Å². The van der Waals surface area contributed by atoms with Gasteiger partial charge in [-0.3, -0.25) is 4.79 Å². The molecule has 3 N–H and O–H groups in total. The Balaban J connectivity index is 2.13. The van der Waals surface area contributed by atoms with Gasteiger partial charge < -0.3 is 25.0 Å². The van der Waals surface area contributed by atoms with Crippen molar-refractivity contribution in [1.82, 2.24) is 10.2 Å². The van der Waals surface area contributed by atoms with Gasteiger partial charge in [0.15, 0.2) is 0 Å². The Bertz CT molecular complexity index is 1110. The van der Waals surface area contributed by atoms with Gasteiger partial charge in [0.2, 0.25) is 0 Å². The highest BCUT2D eigenvalue weighted by atomic mass is 16.6. The number of nitrogens with zero attached hydrogens (tertiary/aromatic N) is 2. The van der Waals surface area contributed by atoms with E-state index in [0.29, 0.717) is 17.7 Å². The maximum atomic E-state index is 12.9. The van der Waals surface area contributed by atoms with E-state index in [1.54, 1.807) is 36.1 Å². The maximum Gasteiger partial charge on any atom is 0.475 e. The SMILES string of the molecule is CCN(C(=O)C(C#N)=Cc1cccc(C(C)OC(=O)NC(Cc2ccccc2)B(O)O)c1)C(C)(C)C. The van der Waals surface area contributed by atoms with Crippen molar-refractivity contribution in [3.8, 4) is 6.07 Å². The molecule has 2 rings (SSSR count). The summed E-state index contributed by atoms with van der Waals surface area (Å²) >= 11 is 0. The van der Waals surface area contributed by atoms with Crippen LogP contribution in [0.4, 0.5) is 4.79 Å². The van der Waals surface area contributed by atoms with E-state index in [1.807, 2.05) is 64.1 Å². The number of hydrogen-bond donors (Lipinski definition) is 3. The molecule has 190 valence electrons. The van der Waals surface area contributed by atoms with E-state index >= 15 is 0 Å². The van der Waals surface area contributed by atoms with Crippen LogP contribution in [0.15, 0.2) is 60.2 Å². The van der Waals surface area contributed by atoms with Crippen LogP contribution in [0.25, 0.3) is 6.08 Å². The molecule has 0 fully saturated rings. The van der Waals surface area contributed by atoms with Gasteiger partial charge in [0.05, 0.1) is 5.94 Å². The highest BCUT2D eigenvalue weighted by Gasteiger charge is 2.28. The van der Waals surface area contributed by atoms with Gasteiger partial charge in [-0.05, 0) is 69.9 Å². The van der Waals surface area contributed by atoms with E-state index in [1.165, 1.54) is 6.08 Å². The predicted molar refractivity (Wildman–Crippen MR) is 139 cm³/mol. The molecule has 2 atom stereocenters. The van der Waals surface area contributed by atoms with E-state index in [0.717, 1.165) is 5.56 Å². The van der Waals surface area contributed by atoms with Crippen LogP contribution in [0.3, 0.4) is 0 Å². The molecule has 9 heteroatoms. The van der Waals surface area contributed by atoms with Gasteiger partial charge >= 0.3 is 13.2 Å². The minimum absolute atomic E-state index is 0.0101. The van der Waals surface area contributed by atoms with Crippen LogP contribution in [0.1, 0.15) is 57.4 Å². The molecule has 2 amide bonds. The fraction of sp³-hybridized carbons (Fsp3) is 0.370. The van der Waals surface area contributed by atoms with Gasteiger partial charge in [-0.15, -0.1) is 0 Å². The van der Waals surface area contributed by atoms with Crippen molar-refractivity contribution in [2.75, 3.05) is 6.54 Å². The molecule has 0 aliphatic carbocycles. The summed E-state index contributed by atoms with van der Waals surface area (Å²) in [6, 6.07) is 18.1. The summed E-state index contributed by atoms with van der Waals surface area (Å²) in [5, 5.41) is 31.5. The fourth-order valence-corrected chi connectivity index (χ4v) is 3.79. The molecule has 0 saturated heterocycles. The summed E-state index contributed by atoms with van der Waals surface area (Å²) in [5.41, 5.74) is 1.68. The molecular weight excluding hydrogens is 457 g/mol. The Hall–Kier alpha value is -3.61. The minimum atomic E-state index is -1.76. The first-order valence-electron chi connectivity index (χ1n) is 11.9. The van der Waals surface area contributed by atoms with Crippen LogP contribution in [0.2, 0.25) is 0 Å². The normalized spacial score (nSPS) is 13.2. The molecule has 0 aliphatic heterocycles. The Morgan fingerprint density at radius 2 is 1.83 bits per heavy atom. The lowest BCUT2D eigenvalue weighted by molar-refractivity contribution is -0.130. The molecule has 2 aromatic rings. The number of nitriles is 1. The van der Waals surface area contributed by atoms with Crippen LogP contribution in [-0.4, -0.2) is 52.1 Å². The first kappa shape index (κ1) is 28.6. The highest BCUT2D eigenvalue weighted by molar-refractivity contribution is 6.43. The lowest BCUT2D eigenvalue weighted by Crippen LogP contribution is -2.48. The lowest BCUT2D eigenvalue weighted by atomic mass is 9.76. The third kappa shape index (κ3) is 8.26. The van der Waals surface area contributed by atoms with Crippen molar-refractivity contribution < 1.29 is 24.4 Å². The number of alkyl carbamates (subject to hydrolysis) is 1. The largest absolute Gasteiger partial charge is 0.475 e. The lowest BCUT2D eigenvalue weighted by Gasteiger charge is -2.34. The second kappa shape index (κ2) is 12.9. The molecule has 2 aromatic carbocycles. The van der Waals surface area contributed by atoms with Crippen LogP contribution in [0.5, 0.6) is 0 Å². The van der Waals surface area contributed by atoms with E-state index in [9.17, 15) is 24.9 Å². The van der Waals surface area contributed by atoms with Crippen molar-refractivity contribution in [2.45, 2.75) is 58.6 Å². The fourth-order valence-electron chi connectivity index (χ4n) is 3.79. The maximum absolute atomic E-state index is 12.9. The van der Waals surface area contributed by atoms with Crippen LogP contribution >= 0.6 is 0 Å². The summed E-state index contributed by atoms with van der Waals surface area (Å²) in [6.07, 6.45) is 0.269. The molecule has 0 aromatic heterocycles.